The van der Waals surface area contributed by atoms with Gasteiger partial charge >= 0.3 is 0 Å². The number of hydrogen-bond donors (Lipinski definition) is 2. The van der Waals surface area contributed by atoms with Crippen molar-refractivity contribution in [1.29, 1.82) is 0 Å². The third-order valence-corrected chi connectivity index (χ3v) is 4.34. The van der Waals surface area contributed by atoms with E-state index < -0.39 is 0 Å². The van der Waals surface area contributed by atoms with Gasteiger partial charge in [-0.15, -0.1) is 5.10 Å². The summed E-state index contributed by atoms with van der Waals surface area (Å²) < 4.78 is 6.63. The van der Waals surface area contributed by atoms with E-state index in [1.54, 1.807) is 7.11 Å². The normalized spacial score (nSPS) is 10.6. The maximum absolute atomic E-state index is 12.3. The number of amides is 1. The topological polar surface area (TPSA) is 95.1 Å². The van der Waals surface area contributed by atoms with Crippen molar-refractivity contribution in [3.63, 3.8) is 0 Å². The van der Waals surface area contributed by atoms with Crippen LogP contribution in [0.2, 0.25) is 5.02 Å². The highest BCUT2D eigenvalue weighted by Gasteiger charge is 2.17. The second-order valence-corrected chi connectivity index (χ2v) is 6.40. The largest absolute Gasteiger partial charge is 0.497 e. The summed E-state index contributed by atoms with van der Waals surface area (Å²) in [6.45, 7) is 0.881. The number of anilines is 1. The number of rotatable bonds is 7. The second-order valence-electron chi connectivity index (χ2n) is 5.96. The van der Waals surface area contributed by atoms with E-state index in [-0.39, 0.29) is 17.4 Å². The summed E-state index contributed by atoms with van der Waals surface area (Å²) in [6.07, 6.45) is 0.683. The Hall–Kier alpha value is -3.06. The van der Waals surface area contributed by atoms with Crippen molar-refractivity contribution in [2.45, 2.75) is 13.0 Å². The summed E-state index contributed by atoms with van der Waals surface area (Å²) >= 11 is 5.86. The van der Waals surface area contributed by atoms with E-state index in [1.807, 2.05) is 48.5 Å². The first kappa shape index (κ1) is 18.7. The lowest BCUT2D eigenvalue weighted by molar-refractivity contribution is 0.0950. The highest BCUT2D eigenvalue weighted by Crippen LogP contribution is 2.15. The monoisotopic (exact) mass is 385 g/mol. The zero-order valence-electron chi connectivity index (χ0n) is 14.9. The van der Waals surface area contributed by atoms with Gasteiger partial charge in [-0.2, -0.15) is 0 Å². The van der Waals surface area contributed by atoms with Crippen molar-refractivity contribution >= 4 is 23.3 Å². The van der Waals surface area contributed by atoms with Crippen LogP contribution >= 0.6 is 11.6 Å². The lowest BCUT2D eigenvalue weighted by Gasteiger charge is -2.06. The van der Waals surface area contributed by atoms with E-state index >= 15 is 0 Å². The van der Waals surface area contributed by atoms with Gasteiger partial charge in [0, 0.05) is 11.6 Å². The fraction of sp³-hybridized carbons (Fsp3) is 0.211. The molecule has 27 heavy (non-hydrogen) atoms. The summed E-state index contributed by atoms with van der Waals surface area (Å²) in [7, 11) is 1.61. The van der Waals surface area contributed by atoms with Crippen molar-refractivity contribution in [2.24, 2.45) is 0 Å². The highest BCUT2D eigenvalue weighted by molar-refractivity contribution is 6.30. The molecule has 1 heterocycles. The second kappa shape index (κ2) is 8.55. The molecule has 0 bridgehead atoms. The van der Waals surface area contributed by atoms with Crippen molar-refractivity contribution in [3.05, 3.63) is 70.4 Å². The Kier molecular flexibility index (Phi) is 5.93. The number of ether oxygens (including phenoxy) is 1. The lowest BCUT2D eigenvalue weighted by atomic mass is 10.1. The van der Waals surface area contributed by atoms with E-state index in [4.69, 9.17) is 22.1 Å². The predicted molar refractivity (Wildman–Crippen MR) is 104 cm³/mol. The number of aromatic nitrogens is 3. The average Bonchev–Trinajstić information content (AvgIpc) is 3.04. The van der Waals surface area contributed by atoms with Crippen LogP contribution in [0.5, 0.6) is 5.75 Å². The highest BCUT2D eigenvalue weighted by atomic mass is 35.5. The molecule has 7 nitrogen and oxygen atoms in total. The Morgan fingerprint density at radius 2 is 1.81 bits per heavy atom. The fourth-order valence-electron chi connectivity index (χ4n) is 2.56. The molecule has 0 aliphatic carbocycles. The molecule has 3 N–H and O–H groups in total. The molecular weight excluding hydrogens is 366 g/mol. The molecule has 1 amide bonds. The van der Waals surface area contributed by atoms with Crippen LogP contribution in [0.3, 0.4) is 0 Å². The zero-order chi connectivity index (χ0) is 19.2. The van der Waals surface area contributed by atoms with Crippen LogP contribution in [0.1, 0.15) is 21.6 Å². The van der Waals surface area contributed by atoms with Gasteiger partial charge in [-0.25, -0.2) is 4.68 Å². The standard InChI is InChI=1S/C19H20ClN5O2/c1-27-16-8-4-14(5-9-16)12-25-18(21)17(23-24-25)19(26)22-11-10-13-2-6-15(20)7-3-13/h2-9H,10-12,21H2,1H3,(H,22,26). The van der Waals surface area contributed by atoms with Crippen molar-refractivity contribution in [2.75, 3.05) is 19.4 Å². The molecule has 0 radical (unpaired) electrons. The van der Waals surface area contributed by atoms with Crippen LogP contribution in [-0.4, -0.2) is 34.6 Å². The first-order chi connectivity index (χ1) is 13.1. The SMILES string of the molecule is COc1ccc(Cn2nnc(C(=O)NCCc3ccc(Cl)cc3)c2N)cc1. The summed E-state index contributed by atoms with van der Waals surface area (Å²) in [5, 5.41) is 11.4. The van der Waals surface area contributed by atoms with E-state index in [0.29, 0.717) is 24.5 Å². The molecule has 0 fully saturated rings. The summed E-state index contributed by atoms with van der Waals surface area (Å²) in [6, 6.07) is 15.0. The molecule has 0 saturated carbocycles. The number of carbonyl (C=O) groups excluding carboxylic acids is 1. The van der Waals surface area contributed by atoms with Crippen LogP contribution in [0.25, 0.3) is 0 Å². The van der Waals surface area contributed by atoms with E-state index in [9.17, 15) is 4.79 Å². The molecular formula is C19H20ClN5O2. The van der Waals surface area contributed by atoms with Gasteiger partial charge < -0.3 is 15.8 Å². The van der Waals surface area contributed by atoms with E-state index in [0.717, 1.165) is 16.9 Å². The van der Waals surface area contributed by atoms with Crippen LogP contribution in [0, 0.1) is 0 Å². The number of hydrogen-bond acceptors (Lipinski definition) is 5. The number of halogens is 1. The number of nitrogens with one attached hydrogen (secondary N) is 1. The van der Waals surface area contributed by atoms with E-state index in [1.165, 1.54) is 4.68 Å². The van der Waals surface area contributed by atoms with Crippen LogP contribution in [0.15, 0.2) is 48.5 Å². The summed E-state index contributed by atoms with van der Waals surface area (Å²) in [5.74, 6) is 0.656. The molecule has 0 atom stereocenters. The number of benzene rings is 2. The maximum Gasteiger partial charge on any atom is 0.275 e. The fourth-order valence-corrected chi connectivity index (χ4v) is 2.68. The molecule has 0 spiro atoms. The molecule has 0 aliphatic heterocycles. The minimum Gasteiger partial charge on any atom is -0.497 e. The molecule has 3 aromatic rings. The Morgan fingerprint density at radius 3 is 2.48 bits per heavy atom. The Bertz CT molecular complexity index is 907. The zero-order valence-corrected chi connectivity index (χ0v) is 15.6. The van der Waals surface area contributed by atoms with Crippen LogP contribution < -0.4 is 15.8 Å². The number of nitrogens with zero attached hydrogens (tertiary/aromatic N) is 3. The number of nitrogens with two attached hydrogens (primary N) is 1. The first-order valence-electron chi connectivity index (χ1n) is 8.41. The van der Waals surface area contributed by atoms with Gasteiger partial charge in [-0.1, -0.05) is 41.1 Å². The molecule has 0 saturated heterocycles. The van der Waals surface area contributed by atoms with Gasteiger partial charge in [0.2, 0.25) is 0 Å². The van der Waals surface area contributed by atoms with Gasteiger partial charge in [-0.3, -0.25) is 4.79 Å². The Balaban J connectivity index is 1.58. The van der Waals surface area contributed by atoms with Crippen molar-refractivity contribution in [1.82, 2.24) is 20.3 Å². The van der Waals surface area contributed by atoms with Crippen LogP contribution in [-0.2, 0) is 13.0 Å². The van der Waals surface area contributed by atoms with Gasteiger partial charge in [0.15, 0.2) is 11.5 Å². The molecule has 1 aromatic heterocycles. The van der Waals surface area contributed by atoms with E-state index in [2.05, 4.69) is 15.6 Å². The average molecular weight is 386 g/mol. The molecule has 2 aromatic carbocycles. The summed E-state index contributed by atoms with van der Waals surface area (Å²) in [4.78, 5) is 12.3. The number of carbonyl (C=O) groups is 1. The van der Waals surface area contributed by atoms with Gasteiger partial charge in [-0.05, 0) is 41.8 Å². The molecule has 3 rings (SSSR count). The first-order valence-corrected chi connectivity index (χ1v) is 8.79. The van der Waals surface area contributed by atoms with Crippen molar-refractivity contribution in [3.8, 4) is 5.75 Å². The number of methoxy groups -OCH3 is 1. The third-order valence-electron chi connectivity index (χ3n) is 4.09. The van der Waals surface area contributed by atoms with Crippen LogP contribution in [0.4, 0.5) is 5.82 Å². The number of nitrogen functional groups attached to an aromatic ring is 1. The van der Waals surface area contributed by atoms with Gasteiger partial charge in [0.25, 0.3) is 5.91 Å². The molecule has 8 heteroatoms. The lowest BCUT2D eigenvalue weighted by Crippen LogP contribution is -2.27. The predicted octanol–water partition coefficient (Wildman–Crippen LogP) is 2.54. The third kappa shape index (κ3) is 4.77. The quantitative estimate of drug-likeness (QED) is 0.651. The smallest absolute Gasteiger partial charge is 0.275 e. The van der Waals surface area contributed by atoms with Gasteiger partial charge in [0.1, 0.15) is 5.75 Å². The van der Waals surface area contributed by atoms with Crippen molar-refractivity contribution < 1.29 is 9.53 Å². The molecule has 140 valence electrons. The van der Waals surface area contributed by atoms with Gasteiger partial charge in [0.05, 0.1) is 13.7 Å². The minimum atomic E-state index is -0.345. The molecule has 0 unspecified atom stereocenters. The Labute approximate surface area is 162 Å². The minimum absolute atomic E-state index is 0.125. The summed E-state index contributed by atoms with van der Waals surface area (Å²) in [5.41, 5.74) is 8.22. The Morgan fingerprint density at radius 1 is 1.15 bits per heavy atom. The maximum atomic E-state index is 12.3. The molecule has 0 aliphatic rings.